The maximum atomic E-state index is 9.16. The van der Waals surface area contributed by atoms with Crippen LogP contribution in [0.15, 0.2) is 24.3 Å². The summed E-state index contributed by atoms with van der Waals surface area (Å²) in [7, 11) is 0. The van der Waals surface area contributed by atoms with Crippen molar-refractivity contribution in [2.45, 2.75) is 45.1 Å². The fraction of sp³-hybridized carbons (Fsp3) is 0.471. The first-order valence-electron chi connectivity index (χ1n) is 7.81. The summed E-state index contributed by atoms with van der Waals surface area (Å²) in [5, 5.41) is 17.3. The van der Waals surface area contributed by atoms with E-state index >= 15 is 0 Å². The molecule has 5 nitrogen and oxygen atoms in total. The minimum absolute atomic E-state index is 0.461. The zero-order chi connectivity index (χ0) is 15.4. The van der Waals surface area contributed by atoms with Gasteiger partial charge in [0, 0.05) is 18.9 Å². The van der Waals surface area contributed by atoms with Gasteiger partial charge in [-0.05, 0) is 37.5 Å². The molecule has 2 aromatic rings. The Morgan fingerprint density at radius 2 is 2.27 bits per heavy atom. The molecule has 0 N–H and O–H groups in total. The standard InChI is InChI=1S/C17H20N4O/c1-13-5-2-8-15(11-13)22-10-4-9-21-17(14-6-3-7-14)16(12-18)19-20-21/h2,5,8,11,14H,3-4,6-7,9-10H2,1H3. The largest absolute Gasteiger partial charge is 0.494 e. The van der Waals surface area contributed by atoms with Crippen LogP contribution in [0.1, 0.15) is 48.6 Å². The molecular formula is C17H20N4O. The van der Waals surface area contributed by atoms with Gasteiger partial charge in [-0.25, -0.2) is 4.68 Å². The predicted octanol–water partition coefficient (Wildman–Crippen LogP) is 3.19. The molecule has 1 aromatic heterocycles. The van der Waals surface area contributed by atoms with Crippen molar-refractivity contribution in [3.8, 4) is 11.8 Å². The molecule has 0 aliphatic heterocycles. The van der Waals surface area contributed by atoms with E-state index in [1.807, 2.05) is 22.9 Å². The van der Waals surface area contributed by atoms with E-state index in [0.717, 1.165) is 37.3 Å². The Balaban J connectivity index is 1.56. The van der Waals surface area contributed by atoms with Crippen molar-refractivity contribution in [3.63, 3.8) is 0 Å². The van der Waals surface area contributed by atoms with E-state index < -0.39 is 0 Å². The van der Waals surface area contributed by atoms with Crippen LogP contribution in [-0.4, -0.2) is 21.6 Å². The van der Waals surface area contributed by atoms with E-state index in [4.69, 9.17) is 10.00 Å². The maximum Gasteiger partial charge on any atom is 0.186 e. The Morgan fingerprint density at radius 3 is 2.95 bits per heavy atom. The van der Waals surface area contributed by atoms with Crippen molar-refractivity contribution in [3.05, 3.63) is 41.2 Å². The number of ether oxygens (including phenoxy) is 1. The number of benzene rings is 1. The lowest BCUT2D eigenvalue weighted by Gasteiger charge is -2.25. The van der Waals surface area contributed by atoms with Crippen molar-refractivity contribution in [2.24, 2.45) is 0 Å². The highest BCUT2D eigenvalue weighted by Gasteiger charge is 2.27. The summed E-state index contributed by atoms with van der Waals surface area (Å²) in [6.45, 7) is 3.43. The Morgan fingerprint density at radius 1 is 1.41 bits per heavy atom. The molecule has 1 aromatic carbocycles. The highest BCUT2D eigenvalue weighted by molar-refractivity contribution is 5.29. The average molecular weight is 296 g/mol. The van der Waals surface area contributed by atoms with Gasteiger partial charge < -0.3 is 4.74 Å². The van der Waals surface area contributed by atoms with E-state index in [2.05, 4.69) is 29.4 Å². The quantitative estimate of drug-likeness (QED) is 0.768. The van der Waals surface area contributed by atoms with Gasteiger partial charge in [0.25, 0.3) is 0 Å². The molecular weight excluding hydrogens is 276 g/mol. The minimum atomic E-state index is 0.461. The van der Waals surface area contributed by atoms with Crippen molar-refractivity contribution in [1.82, 2.24) is 15.0 Å². The summed E-state index contributed by atoms with van der Waals surface area (Å²) in [5.41, 5.74) is 2.70. The third kappa shape index (κ3) is 3.11. The first kappa shape index (κ1) is 14.6. The number of aryl methyl sites for hydroxylation is 2. The first-order valence-corrected chi connectivity index (χ1v) is 7.81. The number of rotatable bonds is 6. The lowest BCUT2D eigenvalue weighted by atomic mass is 9.82. The molecule has 1 heterocycles. The summed E-state index contributed by atoms with van der Waals surface area (Å²) in [4.78, 5) is 0. The fourth-order valence-electron chi connectivity index (χ4n) is 2.76. The lowest BCUT2D eigenvalue weighted by Crippen LogP contribution is -2.17. The van der Waals surface area contributed by atoms with Gasteiger partial charge in [-0.1, -0.05) is 23.8 Å². The first-order chi connectivity index (χ1) is 10.8. The van der Waals surface area contributed by atoms with E-state index in [1.165, 1.54) is 12.0 Å². The van der Waals surface area contributed by atoms with Crippen LogP contribution < -0.4 is 4.74 Å². The molecule has 3 rings (SSSR count). The molecule has 1 saturated carbocycles. The third-order valence-corrected chi connectivity index (χ3v) is 4.14. The molecule has 1 aliphatic carbocycles. The van der Waals surface area contributed by atoms with Gasteiger partial charge in [0.05, 0.1) is 12.3 Å². The summed E-state index contributed by atoms with van der Waals surface area (Å²) in [6, 6.07) is 10.2. The second-order valence-corrected chi connectivity index (χ2v) is 5.80. The van der Waals surface area contributed by atoms with Gasteiger partial charge in [-0.2, -0.15) is 5.26 Å². The van der Waals surface area contributed by atoms with Crippen LogP contribution in [-0.2, 0) is 6.54 Å². The fourth-order valence-corrected chi connectivity index (χ4v) is 2.76. The van der Waals surface area contributed by atoms with Gasteiger partial charge in [-0.15, -0.1) is 5.10 Å². The molecule has 1 fully saturated rings. The Kier molecular flexibility index (Phi) is 4.38. The molecule has 0 atom stereocenters. The summed E-state index contributed by atoms with van der Waals surface area (Å²) in [6.07, 6.45) is 4.36. The van der Waals surface area contributed by atoms with Crippen LogP contribution in [0, 0.1) is 18.3 Å². The van der Waals surface area contributed by atoms with Crippen molar-refractivity contribution < 1.29 is 4.74 Å². The SMILES string of the molecule is Cc1cccc(OCCCn2nnc(C#N)c2C2CCC2)c1. The van der Waals surface area contributed by atoms with Crippen molar-refractivity contribution >= 4 is 0 Å². The van der Waals surface area contributed by atoms with Crippen LogP contribution in [0.2, 0.25) is 0 Å². The monoisotopic (exact) mass is 296 g/mol. The van der Waals surface area contributed by atoms with Crippen LogP contribution in [0.3, 0.4) is 0 Å². The normalized spacial score (nSPS) is 14.4. The molecule has 0 radical (unpaired) electrons. The highest BCUT2D eigenvalue weighted by atomic mass is 16.5. The number of nitrogens with zero attached hydrogens (tertiary/aromatic N) is 4. The van der Waals surface area contributed by atoms with Crippen LogP contribution in [0.25, 0.3) is 0 Å². The predicted molar refractivity (Wildman–Crippen MR) is 82.6 cm³/mol. The lowest BCUT2D eigenvalue weighted by molar-refractivity contribution is 0.293. The second kappa shape index (κ2) is 6.61. The van der Waals surface area contributed by atoms with E-state index in [-0.39, 0.29) is 0 Å². The molecule has 5 heteroatoms. The topological polar surface area (TPSA) is 63.7 Å². The molecule has 1 aliphatic rings. The number of aromatic nitrogens is 3. The maximum absolute atomic E-state index is 9.16. The Bertz CT molecular complexity index is 682. The molecule has 0 unspecified atom stereocenters. The molecule has 114 valence electrons. The van der Waals surface area contributed by atoms with E-state index in [1.54, 1.807) is 0 Å². The Hall–Kier alpha value is -2.35. The van der Waals surface area contributed by atoms with Gasteiger partial charge in [0.15, 0.2) is 5.69 Å². The minimum Gasteiger partial charge on any atom is -0.494 e. The van der Waals surface area contributed by atoms with Crippen LogP contribution >= 0.6 is 0 Å². The molecule has 0 bridgehead atoms. The zero-order valence-corrected chi connectivity index (χ0v) is 12.8. The Labute approximate surface area is 130 Å². The summed E-state index contributed by atoms with van der Waals surface area (Å²) >= 11 is 0. The molecule has 0 spiro atoms. The van der Waals surface area contributed by atoms with E-state index in [9.17, 15) is 0 Å². The molecule has 0 saturated heterocycles. The second-order valence-electron chi connectivity index (χ2n) is 5.80. The smallest absolute Gasteiger partial charge is 0.186 e. The summed E-state index contributed by atoms with van der Waals surface area (Å²) in [5.74, 6) is 1.36. The molecule has 22 heavy (non-hydrogen) atoms. The zero-order valence-electron chi connectivity index (χ0n) is 12.8. The van der Waals surface area contributed by atoms with Gasteiger partial charge in [0.2, 0.25) is 0 Å². The van der Waals surface area contributed by atoms with Crippen molar-refractivity contribution in [1.29, 1.82) is 5.26 Å². The third-order valence-electron chi connectivity index (χ3n) is 4.14. The van der Waals surface area contributed by atoms with Gasteiger partial charge in [0.1, 0.15) is 11.8 Å². The highest BCUT2D eigenvalue weighted by Crippen LogP contribution is 2.37. The number of hydrogen-bond acceptors (Lipinski definition) is 4. The van der Waals surface area contributed by atoms with Crippen LogP contribution in [0.5, 0.6) is 5.75 Å². The molecule has 0 amide bonds. The van der Waals surface area contributed by atoms with Gasteiger partial charge in [-0.3, -0.25) is 0 Å². The van der Waals surface area contributed by atoms with E-state index in [0.29, 0.717) is 18.2 Å². The summed E-state index contributed by atoms with van der Waals surface area (Å²) < 4.78 is 7.65. The number of nitriles is 1. The van der Waals surface area contributed by atoms with Crippen molar-refractivity contribution in [2.75, 3.05) is 6.61 Å². The van der Waals surface area contributed by atoms with Crippen LogP contribution in [0.4, 0.5) is 0 Å². The average Bonchev–Trinajstić information content (AvgIpc) is 2.85. The number of hydrogen-bond donors (Lipinski definition) is 0. The van der Waals surface area contributed by atoms with Gasteiger partial charge >= 0.3 is 0 Å².